The summed E-state index contributed by atoms with van der Waals surface area (Å²) in [6, 6.07) is 11.2. The fourth-order valence-electron chi connectivity index (χ4n) is 2.42. The molecule has 2 N–H and O–H groups in total. The van der Waals surface area contributed by atoms with E-state index in [1.165, 1.54) is 25.1 Å². The van der Waals surface area contributed by atoms with Gasteiger partial charge in [-0.05, 0) is 32.0 Å². The van der Waals surface area contributed by atoms with Crippen molar-refractivity contribution in [2.45, 2.75) is 20.0 Å². The summed E-state index contributed by atoms with van der Waals surface area (Å²) in [6.07, 6.45) is -0.891. The summed E-state index contributed by atoms with van der Waals surface area (Å²) in [5, 5.41) is 28.5. The van der Waals surface area contributed by atoms with Crippen molar-refractivity contribution in [1.82, 2.24) is 4.98 Å². The lowest BCUT2D eigenvalue weighted by atomic mass is 10.2. The van der Waals surface area contributed by atoms with E-state index in [0.29, 0.717) is 11.3 Å². The van der Waals surface area contributed by atoms with E-state index in [-0.39, 0.29) is 22.6 Å². The number of fused-ring (bicyclic) bond motifs is 1. The Bertz CT molecular complexity index is 1040. The van der Waals surface area contributed by atoms with Gasteiger partial charge in [0.1, 0.15) is 5.75 Å². The number of nitro benzene ring substituents is 1. The molecule has 0 saturated heterocycles. The molecular formula is C18H16N4O5. The van der Waals surface area contributed by atoms with Crippen molar-refractivity contribution in [2.24, 2.45) is 10.2 Å². The van der Waals surface area contributed by atoms with Crippen LogP contribution in [0.2, 0.25) is 0 Å². The predicted molar refractivity (Wildman–Crippen MR) is 97.4 cm³/mol. The van der Waals surface area contributed by atoms with Crippen LogP contribution in [0.25, 0.3) is 10.9 Å². The number of nitrogens with one attached hydrogen (secondary N) is 1. The van der Waals surface area contributed by atoms with Gasteiger partial charge in [-0.15, -0.1) is 10.2 Å². The summed E-state index contributed by atoms with van der Waals surface area (Å²) < 4.78 is 5.51. The molecule has 0 aliphatic rings. The van der Waals surface area contributed by atoms with E-state index in [9.17, 15) is 20.0 Å². The van der Waals surface area contributed by atoms with Crippen LogP contribution < -0.4 is 4.74 Å². The molecule has 2 aromatic carbocycles. The van der Waals surface area contributed by atoms with Gasteiger partial charge in [-0.2, -0.15) is 0 Å². The highest BCUT2D eigenvalue weighted by Gasteiger charge is 2.17. The van der Waals surface area contributed by atoms with E-state index >= 15 is 0 Å². The van der Waals surface area contributed by atoms with Crippen LogP contribution in [0.4, 0.5) is 11.4 Å². The molecule has 1 aromatic heterocycles. The maximum atomic E-state index is 12.1. The van der Waals surface area contributed by atoms with Crippen LogP contribution in [0.15, 0.2) is 52.7 Å². The highest BCUT2D eigenvalue weighted by Crippen LogP contribution is 2.37. The number of aromatic hydroxyl groups is 1. The molecule has 27 heavy (non-hydrogen) atoms. The number of benzene rings is 2. The van der Waals surface area contributed by atoms with Gasteiger partial charge in [0.15, 0.2) is 11.8 Å². The minimum absolute atomic E-state index is 0.0513. The van der Waals surface area contributed by atoms with Crippen molar-refractivity contribution in [3.05, 3.63) is 58.1 Å². The Morgan fingerprint density at radius 1 is 1.26 bits per heavy atom. The maximum absolute atomic E-state index is 12.1. The van der Waals surface area contributed by atoms with Crippen LogP contribution in [0.3, 0.4) is 0 Å². The van der Waals surface area contributed by atoms with Gasteiger partial charge in [0.2, 0.25) is 5.88 Å². The molecule has 0 spiro atoms. The number of H-pyrrole nitrogens is 1. The van der Waals surface area contributed by atoms with Crippen LogP contribution in [0.1, 0.15) is 12.5 Å². The minimum Gasteiger partial charge on any atom is -0.493 e. The summed E-state index contributed by atoms with van der Waals surface area (Å²) in [5.41, 5.74) is 1.28. The highest BCUT2D eigenvalue weighted by molar-refractivity contribution is 5.96. The molecule has 9 nitrogen and oxygen atoms in total. The third-order valence-corrected chi connectivity index (χ3v) is 3.88. The number of non-ortho nitro benzene ring substituents is 1. The van der Waals surface area contributed by atoms with Crippen LogP contribution in [-0.2, 0) is 4.79 Å². The van der Waals surface area contributed by atoms with Crippen molar-refractivity contribution in [3.63, 3.8) is 0 Å². The standard InChI is InChI=1S/C18H16N4O5/c1-10-3-6-13(7-4-10)27-11(2)17(23)21-20-16-14-9-12(22(25)26)5-8-15(14)19-18(16)24/h3-9,11,19,24H,1-2H3/t11-/m1/s1. The Labute approximate surface area is 153 Å². The number of aromatic nitrogens is 1. The molecule has 0 bridgehead atoms. The number of hydrogen-bond donors (Lipinski definition) is 2. The average Bonchev–Trinajstić information content (AvgIpc) is 2.95. The first-order valence-electron chi connectivity index (χ1n) is 8.03. The lowest BCUT2D eigenvalue weighted by molar-refractivity contribution is -0.384. The fourth-order valence-corrected chi connectivity index (χ4v) is 2.42. The van der Waals surface area contributed by atoms with Crippen molar-refractivity contribution >= 4 is 28.2 Å². The summed E-state index contributed by atoms with van der Waals surface area (Å²) in [5.74, 6) is -0.480. The van der Waals surface area contributed by atoms with E-state index in [4.69, 9.17) is 4.74 Å². The Kier molecular flexibility index (Phi) is 4.84. The molecule has 3 rings (SSSR count). The van der Waals surface area contributed by atoms with Crippen LogP contribution in [0.5, 0.6) is 11.6 Å². The van der Waals surface area contributed by atoms with Crippen molar-refractivity contribution in [3.8, 4) is 11.6 Å². The average molecular weight is 368 g/mol. The van der Waals surface area contributed by atoms with E-state index in [2.05, 4.69) is 15.2 Å². The van der Waals surface area contributed by atoms with Gasteiger partial charge >= 0.3 is 5.91 Å². The second-order valence-electron chi connectivity index (χ2n) is 5.92. The Morgan fingerprint density at radius 3 is 2.63 bits per heavy atom. The minimum atomic E-state index is -0.891. The first kappa shape index (κ1) is 18.1. The zero-order valence-corrected chi connectivity index (χ0v) is 14.5. The second-order valence-corrected chi connectivity index (χ2v) is 5.92. The number of nitro groups is 1. The number of carbonyl (C=O) groups excluding carboxylic acids is 1. The first-order valence-corrected chi connectivity index (χ1v) is 8.03. The van der Waals surface area contributed by atoms with E-state index in [1.807, 2.05) is 19.1 Å². The van der Waals surface area contributed by atoms with Gasteiger partial charge in [0, 0.05) is 17.5 Å². The molecule has 0 aliphatic carbocycles. The Balaban J connectivity index is 1.81. The number of hydrogen-bond acceptors (Lipinski definition) is 6. The molecule has 138 valence electrons. The van der Waals surface area contributed by atoms with Crippen LogP contribution in [0, 0.1) is 17.0 Å². The lowest BCUT2D eigenvalue weighted by Gasteiger charge is -2.10. The number of aryl methyl sites for hydroxylation is 1. The molecule has 0 saturated carbocycles. The topological polar surface area (TPSA) is 130 Å². The smallest absolute Gasteiger partial charge is 0.304 e. The summed E-state index contributed by atoms with van der Waals surface area (Å²) in [7, 11) is 0. The van der Waals surface area contributed by atoms with Gasteiger partial charge in [0.25, 0.3) is 5.69 Å². The molecular weight excluding hydrogens is 352 g/mol. The SMILES string of the molecule is Cc1ccc(O[C@H](C)C(=O)N=Nc2c(O)[nH]c3ccc([N+](=O)[O-])cc23)cc1. The Morgan fingerprint density at radius 2 is 1.96 bits per heavy atom. The van der Waals surface area contributed by atoms with Gasteiger partial charge in [-0.1, -0.05) is 17.7 Å². The number of azo groups is 1. The zero-order chi connectivity index (χ0) is 19.6. The van der Waals surface area contributed by atoms with Gasteiger partial charge in [-0.25, -0.2) is 0 Å². The van der Waals surface area contributed by atoms with E-state index in [1.54, 1.807) is 12.1 Å². The molecule has 1 heterocycles. The number of amides is 1. The number of ether oxygens (including phenoxy) is 1. The van der Waals surface area contributed by atoms with Crippen LogP contribution in [-0.4, -0.2) is 27.0 Å². The normalized spacial score (nSPS) is 12.4. The first-order chi connectivity index (χ1) is 12.8. The number of carbonyl (C=O) groups is 1. The van der Waals surface area contributed by atoms with E-state index in [0.717, 1.165) is 5.56 Å². The third-order valence-electron chi connectivity index (χ3n) is 3.88. The molecule has 9 heteroatoms. The number of rotatable bonds is 5. The fraction of sp³-hybridized carbons (Fsp3) is 0.167. The summed E-state index contributed by atoms with van der Waals surface area (Å²) in [4.78, 5) is 25.1. The molecule has 0 fully saturated rings. The van der Waals surface area contributed by atoms with E-state index < -0.39 is 16.9 Å². The maximum Gasteiger partial charge on any atom is 0.304 e. The molecule has 1 atom stereocenters. The van der Waals surface area contributed by atoms with Crippen molar-refractivity contribution in [1.29, 1.82) is 0 Å². The molecule has 0 unspecified atom stereocenters. The van der Waals surface area contributed by atoms with Gasteiger partial charge in [-0.3, -0.25) is 14.9 Å². The second kappa shape index (κ2) is 7.24. The molecule has 1 amide bonds. The Hall–Kier alpha value is -3.75. The number of aromatic amines is 1. The monoisotopic (exact) mass is 368 g/mol. The van der Waals surface area contributed by atoms with Gasteiger partial charge in [0.05, 0.1) is 10.4 Å². The largest absolute Gasteiger partial charge is 0.493 e. The summed E-state index contributed by atoms with van der Waals surface area (Å²) in [6.45, 7) is 3.46. The zero-order valence-electron chi connectivity index (χ0n) is 14.5. The number of nitrogens with zero attached hydrogens (tertiary/aromatic N) is 3. The summed E-state index contributed by atoms with van der Waals surface area (Å²) >= 11 is 0. The molecule has 0 aliphatic heterocycles. The quantitative estimate of drug-likeness (QED) is 0.396. The lowest BCUT2D eigenvalue weighted by Crippen LogP contribution is -2.21. The third kappa shape index (κ3) is 3.92. The van der Waals surface area contributed by atoms with Crippen LogP contribution >= 0.6 is 0 Å². The van der Waals surface area contributed by atoms with Crippen molar-refractivity contribution < 1.29 is 19.6 Å². The molecule has 3 aromatic rings. The van der Waals surface area contributed by atoms with Gasteiger partial charge < -0.3 is 14.8 Å². The van der Waals surface area contributed by atoms with Crippen molar-refractivity contribution in [2.75, 3.05) is 0 Å². The predicted octanol–water partition coefficient (Wildman–Crippen LogP) is 4.17. The highest BCUT2D eigenvalue weighted by atomic mass is 16.6. The molecule has 0 radical (unpaired) electrons.